The molecule has 3 nitrogen and oxygen atoms in total. The van der Waals surface area contributed by atoms with E-state index in [2.05, 4.69) is 233 Å². The number of benzene rings is 9. The SMILES string of the molecule is CC(C)(C)c1cc(-c2ccc3c(c2)c2ccccc2n3-c2ccccc2)c2c(c1)c1cc(C(C)(C)C)cc3c4c5c6cc(C(C)(C)C)cc7c8c9ccccc9ccc8n(c5ccc4n2c13)c76. The molecule has 0 fully saturated rings. The molecule has 0 radical (unpaired) electrons. The average Bonchev–Trinajstić information content (AvgIpc) is 4.10. The number of para-hydroxylation sites is 2. The van der Waals surface area contributed by atoms with Crippen molar-refractivity contribution in [3.63, 3.8) is 0 Å². The van der Waals surface area contributed by atoms with Crippen molar-refractivity contribution in [2.75, 3.05) is 0 Å². The molecule has 14 rings (SSSR count). The quantitative estimate of drug-likeness (QED) is 0.164. The fourth-order valence-electron chi connectivity index (χ4n) is 12.1. The molecule has 0 amide bonds. The first-order valence-electron chi connectivity index (χ1n) is 24.1. The molecular formula is C64H53N3. The molecule has 0 aliphatic rings. The molecule has 14 aromatic rings. The van der Waals surface area contributed by atoms with Crippen LogP contribution < -0.4 is 0 Å². The van der Waals surface area contributed by atoms with E-state index < -0.39 is 0 Å². The lowest BCUT2D eigenvalue weighted by molar-refractivity contribution is 0.591. The summed E-state index contributed by atoms with van der Waals surface area (Å²) in [6.07, 6.45) is 0. The summed E-state index contributed by atoms with van der Waals surface area (Å²) in [6, 6.07) is 60.5. The molecule has 0 aliphatic carbocycles. The van der Waals surface area contributed by atoms with Crippen molar-refractivity contribution in [1.82, 2.24) is 13.4 Å². The standard InChI is InChI=1S/C64H53N3/c1-62(2,3)38-30-44(37-24-25-52-45(29-37)43-21-15-16-22-51(43)65(52)41-18-11-10-12-19-41)59-46(31-38)47-32-39(63(4,5)6)34-49-58-55(67(59)60(47)49)28-27-54-57(58)50-35-40(64(7,8)9)33-48-56-42-20-14-13-17-36(42)23-26-53(56)66(54)61(48)50/h10-35H,1-9H3. The Morgan fingerprint density at radius 2 is 0.791 bits per heavy atom. The number of hydrogen-bond acceptors (Lipinski definition) is 0. The van der Waals surface area contributed by atoms with E-state index in [-0.39, 0.29) is 16.2 Å². The van der Waals surface area contributed by atoms with Gasteiger partial charge >= 0.3 is 0 Å². The van der Waals surface area contributed by atoms with Crippen LogP contribution in [0.25, 0.3) is 126 Å². The minimum atomic E-state index is -0.0663. The lowest BCUT2D eigenvalue weighted by Gasteiger charge is -2.22. The third-order valence-corrected chi connectivity index (χ3v) is 15.5. The van der Waals surface area contributed by atoms with Crippen LogP contribution in [0.3, 0.4) is 0 Å². The van der Waals surface area contributed by atoms with Gasteiger partial charge in [0.1, 0.15) is 0 Å². The Balaban J connectivity index is 1.17. The van der Waals surface area contributed by atoms with Gasteiger partial charge in [-0.1, -0.05) is 135 Å². The van der Waals surface area contributed by atoms with Crippen molar-refractivity contribution in [2.45, 2.75) is 78.6 Å². The molecule has 0 unspecified atom stereocenters. The number of rotatable bonds is 2. The summed E-state index contributed by atoms with van der Waals surface area (Å²) < 4.78 is 7.67. The summed E-state index contributed by atoms with van der Waals surface area (Å²) >= 11 is 0. The summed E-state index contributed by atoms with van der Waals surface area (Å²) in [4.78, 5) is 0. The second kappa shape index (κ2) is 12.7. The smallest absolute Gasteiger partial charge is 0.0621 e. The van der Waals surface area contributed by atoms with E-state index in [0.717, 1.165) is 0 Å². The molecule has 5 aromatic heterocycles. The number of aromatic nitrogens is 3. The Bertz CT molecular complexity index is 4410. The first-order chi connectivity index (χ1) is 32.1. The normalized spacial score (nSPS) is 13.4. The Labute approximate surface area is 390 Å². The van der Waals surface area contributed by atoms with Crippen LogP contribution in [0, 0.1) is 0 Å². The van der Waals surface area contributed by atoms with E-state index in [1.807, 2.05) is 0 Å². The molecule has 0 saturated heterocycles. The fraction of sp³-hybridized carbons (Fsp3) is 0.188. The van der Waals surface area contributed by atoms with Gasteiger partial charge in [-0.25, -0.2) is 0 Å². The highest BCUT2D eigenvalue weighted by Gasteiger charge is 2.30. The van der Waals surface area contributed by atoms with Crippen LogP contribution in [0.2, 0.25) is 0 Å². The van der Waals surface area contributed by atoms with Gasteiger partial charge in [-0.3, -0.25) is 0 Å². The van der Waals surface area contributed by atoms with Gasteiger partial charge in [0, 0.05) is 65.1 Å². The van der Waals surface area contributed by atoms with Gasteiger partial charge in [-0.15, -0.1) is 0 Å². The fourth-order valence-corrected chi connectivity index (χ4v) is 12.1. The van der Waals surface area contributed by atoms with Crippen LogP contribution in [-0.4, -0.2) is 13.4 Å². The van der Waals surface area contributed by atoms with Crippen molar-refractivity contribution in [3.8, 4) is 16.8 Å². The van der Waals surface area contributed by atoms with Gasteiger partial charge in [0.25, 0.3) is 0 Å². The summed E-state index contributed by atoms with van der Waals surface area (Å²) in [5.74, 6) is 0. The highest BCUT2D eigenvalue weighted by Crippen LogP contribution is 2.51. The van der Waals surface area contributed by atoms with Crippen molar-refractivity contribution >= 4 is 109 Å². The van der Waals surface area contributed by atoms with Crippen molar-refractivity contribution in [3.05, 3.63) is 174 Å². The lowest BCUT2D eigenvalue weighted by Crippen LogP contribution is -2.11. The zero-order chi connectivity index (χ0) is 45.6. The van der Waals surface area contributed by atoms with E-state index in [1.54, 1.807) is 0 Å². The van der Waals surface area contributed by atoms with E-state index in [4.69, 9.17) is 0 Å². The van der Waals surface area contributed by atoms with Crippen LogP contribution >= 0.6 is 0 Å². The predicted octanol–water partition coefficient (Wildman–Crippen LogP) is 17.8. The minimum absolute atomic E-state index is 0.0422. The molecule has 0 spiro atoms. The topological polar surface area (TPSA) is 13.8 Å². The zero-order valence-corrected chi connectivity index (χ0v) is 39.9. The van der Waals surface area contributed by atoms with E-state index in [1.165, 1.54) is 142 Å². The van der Waals surface area contributed by atoms with Gasteiger partial charge in [-0.05, 0) is 134 Å². The molecular weight excluding hydrogens is 811 g/mol. The molecule has 3 heteroatoms. The molecule has 67 heavy (non-hydrogen) atoms. The van der Waals surface area contributed by atoms with E-state index >= 15 is 0 Å². The highest BCUT2D eigenvalue weighted by molar-refractivity contribution is 6.37. The summed E-state index contributed by atoms with van der Waals surface area (Å²) in [5.41, 5.74) is 17.8. The maximum atomic E-state index is 2.66. The van der Waals surface area contributed by atoms with Crippen molar-refractivity contribution in [1.29, 1.82) is 0 Å². The second-order valence-corrected chi connectivity index (χ2v) is 22.6. The molecule has 5 heterocycles. The van der Waals surface area contributed by atoms with Gasteiger partial charge in [0.15, 0.2) is 0 Å². The first kappa shape index (κ1) is 38.9. The monoisotopic (exact) mass is 863 g/mol. The minimum Gasteiger partial charge on any atom is -0.309 e. The number of nitrogens with zero attached hydrogens (tertiary/aromatic N) is 3. The van der Waals surface area contributed by atoms with Crippen LogP contribution in [-0.2, 0) is 16.2 Å². The third-order valence-electron chi connectivity index (χ3n) is 15.5. The molecule has 0 aliphatic heterocycles. The van der Waals surface area contributed by atoms with Gasteiger partial charge in [0.2, 0.25) is 0 Å². The van der Waals surface area contributed by atoms with Crippen LogP contribution in [0.4, 0.5) is 0 Å². The Hall–Kier alpha value is -7.36. The molecule has 0 bridgehead atoms. The Kier molecular flexibility index (Phi) is 7.39. The van der Waals surface area contributed by atoms with Crippen LogP contribution in [0.5, 0.6) is 0 Å². The van der Waals surface area contributed by atoms with Crippen LogP contribution in [0.1, 0.15) is 79.0 Å². The molecule has 324 valence electrons. The van der Waals surface area contributed by atoms with Crippen molar-refractivity contribution < 1.29 is 0 Å². The van der Waals surface area contributed by atoms with Crippen LogP contribution in [0.15, 0.2) is 158 Å². The van der Waals surface area contributed by atoms with E-state index in [9.17, 15) is 0 Å². The lowest BCUT2D eigenvalue weighted by atomic mass is 9.82. The largest absolute Gasteiger partial charge is 0.309 e. The first-order valence-corrected chi connectivity index (χ1v) is 24.1. The third kappa shape index (κ3) is 5.12. The highest BCUT2D eigenvalue weighted by atomic mass is 15.0. The molecule has 0 N–H and O–H groups in total. The Morgan fingerprint density at radius 1 is 0.313 bits per heavy atom. The maximum Gasteiger partial charge on any atom is 0.0621 e. The molecule has 9 aromatic carbocycles. The van der Waals surface area contributed by atoms with Crippen molar-refractivity contribution in [2.24, 2.45) is 0 Å². The molecule has 0 saturated carbocycles. The second-order valence-electron chi connectivity index (χ2n) is 22.6. The van der Waals surface area contributed by atoms with Gasteiger partial charge in [0.05, 0.1) is 44.1 Å². The summed E-state index contributed by atoms with van der Waals surface area (Å²) in [7, 11) is 0. The zero-order valence-electron chi connectivity index (χ0n) is 39.9. The van der Waals surface area contributed by atoms with E-state index in [0.29, 0.717) is 0 Å². The number of fused-ring (bicyclic) bond motifs is 18. The predicted molar refractivity (Wildman–Crippen MR) is 289 cm³/mol. The Morgan fingerprint density at radius 3 is 1.46 bits per heavy atom. The number of hydrogen-bond donors (Lipinski definition) is 0. The maximum absolute atomic E-state index is 2.66. The summed E-state index contributed by atoms with van der Waals surface area (Å²) in [5, 5.41) is 15.9. The molecule has 0 atom stereocenters. The van der Waals surface area contributed by atoms with Gasteiger partial charge in [-0.2, -0.15) is 0 Å². The average molecular weight is 864 g/mol. The summed E-state index contributed by atoms with van der Waals surface area (Å²) in [6.45, 7) is 21.3. The van der Waals surface area contributed by atoms with Gasteiger partial charge < -0.3 is 13.4 Å².